The lowest BCUT2D eigenvalue weighted by Crippen LogP contribution is -2.31. The van der Waals surface area contributed by atoms with Crippen molar-refractivity contribution < 1.29 is 28.5 Å². The van der Waals surface area contributed by atoms with Gasteiger partial charge < -0.3 is 29.6 Å². The maximum atomic E-state index is 13.2. The van der Waals surface area contributed by atoms with Crippen LogP contribution >= 0.6 is 0 Å². The molecule has 8 rings (SSSR count). The highest BCUT2D eigenvalue weighted by atomic mass is 16.5. The highest BCUT2D eigenvalue weighted by molar-refractivity contribution is 5.79. The Morgan fingerprint density at radius 1 is 0.689 bits per heavy atom. The van der Waals surface area contributed by atoms with Gasteiger partial charge in [0.15, 0.2) is 0 Å². The topological polar surface area (TPSA) is 95.1 Å². The number of aryl methyl sites for hydroxylation is 1. The van der Waals surface area contributed by atoms with Crippen LogP contribution in [-0.2, 0) is 9.53 Å². The fourth-order valence-corrected chi connectivity index (χ4v) is 8.69. The summed E-state index contributed by atoms with van der Waals surface area (Å²) in [5.41, 5.74) is 11.3. The summed E-state index contributed by atoms with van der Waals surface area (Å²) in [5, 5.41) is 6.02. The number of nitrogens with one attached hydrogen (secondary N) is 2. The van der Waals surface area contributed by atoms with Crippen molar-refractivity contribution in [3.05, 3.63) is 184 Å². The Morgan fingerprint density at radius 2 is 1.26 bits per heavy atom. The Kier molecular flexibility index (Phi) is 14.4. The van der Waals surface area contributed by atoms with E-state index in [1.54, 1.807) is 20.3 Å². The van der Waals surface area contributed by atoms with Gasteiger partial charge in [-0.05, 0) is 101 Å². The summed E-state index contributed by atoms with van der Waals surface area (Å²) in [6.07, 6.45) is 6.99. The number of carbonyl (C=O) groups excluding carboxylic acids is 2. The average Bonchev–Trinajstić information content (AvgIpc) is 3.64. The van der Waals surface area contributed by atoms with Crippen molar-refractivity contribution in [2.75, 3.05) is 27.4 Å². The first-order valence-electron chi connectivity index (χ1n) is 21.3. The second-order valence-electron chi connectivity index (χ2n) is 15.6. The SMILES string of the molecule is CCOc1ccc(C(NC(=O)OCC2c3ccccc3-c3ccccc32)c2ccc(OC)cc2OC)cc1.Cc1ccc(C(NC=O)c2ccc(C3CCCCC3)cc2)cc1. The van der Waals surface area contributed by atoms with Crippen LogP contribution < -0.4 is 24.8 Å². The van der Waals surface area contributed by atoms with Crippen LogP contribution in [0.15, 0.2) is 140 Å². The second kappa shape index (κ2) is 20.6. The van der Waals surface area contributed by atoms with Crippen LogP contribution in [0, 0.1) is 6.92 Å². The Balaban J connectivity index is 0.000000208. The normalized spacial score (nSPS) is 14.2. The number of hydrogen-bond donors (Lipinski definition) is 2. The van der Waals surface area contributed by atoms with Crippen molar-refractivity contribution in [2.24, 2.45) is 0 Å². The molecule has 0 spiro atoms. The van der Waals surface area contributed by atoms with Crippen molar-refractivity contribution in [2.45, 2.75) is 69.9 Å². The number of rotatable bonds is 14. The van der Waals surface area contributed by atoms with E-state index in [9.17, 15) is 9.59 Å². The van der Waals surface area contributed by atoms with Gasteiger partial charge in [-0.25, -0.2) is 4.79 Å². The van der Waals surface area contributed by atoms with E-state index < -0.39 is 12.1 Å². The van der Waals surface area contributed by atoms with E-state index in [2.05, 4.69) is 90.4 Å². The third kappa shape index (κ3) is 10.3. The van der Waals surface area contributed by atoms with Crippen LogP contribution in [0.1, 0.15) is 107 Å². The molecule has 2 amide bonds. The third-order valence-electron chi connectivity index (χ3n) is 11.9. The molecule has 0 aliphatic heterocycles. The molecular weight excluding hydrogens is 761 g/mol. The zero-order valence-corrected chi connectivity index (χ0v) is 35.6. The second-order valence-corrected chi connectivity index (χ2v) is 15.6. The van der Waals surface area contributed by atoms with Gasteiger partial charge >= 0.3 is 6.09 Å². The summed E-state index contributed by atoms with van der Waals surface area (Å²) in [5.74, 6) is 2.72. The summed E-state index contributed by atoms with van der Waals surface area (Å²) in [6, 6.07) is 46.4. The molecule has 2 unspecified atom stereocenters. The van der Waals surface area contributed by atoms with E-state index in [1.807, 2.05) is 67.6 Å². The van der Waals surface area contributed by atoms with Gasteiger partial charge in [0.25, 0.3) is 0 Å². The minimum atomic E-state index is -0.512. The number of alkyl carbamates (subject to hydrolysis) is 1. The van der Waals surface area contributed by atoms with Gasteiger partial charge in [-0.3, -0.25) is 4.79 Å². The molecule has 314 valence electrons. The van der Waals surface area contributed by atoms with Crippen molar-refractivity contribution in [1.82, 2.24) is 10.6 Å². The Labute approximate surface area is 360 Å². The number of carbonyl (C=O) groups is 2. The van der Waals surface area contributed by atoms with Crippen molar-refractivity contribution in [3.63, 3.8) is 0 Å². The molecule has 2 aliphatic carbocycles. The van der Waals surface area contributed by atoms with Crippen molar-refractivity contribution in [3.8, 4) is 28.4 Å². The standard InChI is InChI=1S/C32H31NO5.C21H25NO/c1-4-37-22-15-13-21(14-16-22)31(28-18-17-23(35-2)19-30(28)36-3)33-32(34)38-20-29-26-11-7-5-9-24(26)25-10-6-8-12-27(25)29;1-16-7-9-19(10-8-16)21(22-15-23)20-13-11-18(12-14-20)17-5-3-2-4-6-17/h5-19,29,31H,4,20H2,1-3H3,(H,33,34);7-15,17,21H,2-6H2,1H3,(H,22,23). The molecule has 2 atom stereocenters. The lowest BCUT2D eigenvalue weighted by molar-refractivity contribution is -0.110. The van der Waals surface area contributed by atoms with E-state index in [1.165, 1.54) is 65.5 Å². The molecule has 0 heterocycles. The Bertz CT molecular complexity index is 2310. The monoisotopic (exact) mass is 816 g/mol. The minimum Gasteiger partial charge on any atom is -0.497 e. The summed E-state index contributed by atoms with van der Waals surface area (Å²) >= 11 is 0. The van der Waals surface area contributed by atoms with Gasteiger partial charge in [-0.15, -0.1) is 0 Å². The van der Waals surface area contributed by atoms with Crippen LogP contribution in [-0.4, -0.2) is 39.9 Å². The number of benzene rings is 6. The molecule has 1 saturated carbocycles. The van der Waals surface area contributed by atoms with E-state index in [0.29, 0.717) is 18.1 Å². The van der Waals surface area contributed by atoms with Gasteiger partial charge in [-0.2, -0.15) is 0 Å². The number of amides is 2. The molecule has 0 bridgehead atoms. The van der Waals surface area contributed by atoms with Gasteiger partial charge in [0.1, 0.15) is 23.9 Å². The fraction of sp³-hybridized carbons (Fsp3) is 0.283. The van der Waals surface area contributed by atoms with E-state index >= 15 is 0 Å². The lowest BCUT2D eigenvalue weighted by Gasteiger charge is -2.23. The molecule has 0 radical (unpaired) electrons. The molecule has 8 heteroatoms. The highest BCUT2D eigenvalue weighted by Crippen LogP contribution is 2.44. The van der Waals surface area contributed by atoms with Gasteiger partial charge in [0, 0.05) is 17.5 Å². The molecule has 8 nitrogen and oxygen atoms in total. The molecule has 6 aromatic carbocycles. The van der Waals surface area contributed by atoms with Gasteiger partial charge in [0.2, 0.25) is 6.41 Å². The van der Waals surface area contributed by atoms with Crippen LogP contribution in [0.2, 0.25) is 0 Å². The summed E-state index contributed by atoms with van der Waals surface area (Å²) < 4.78 is 22.5. The number of hydrogen-bond acceptors (Lipinski definition) is 6. The zero-order chi connectivity index (χ0) is 42.6. The highest BCUT2D eigenvalue weighted by Gasteiger charge is 2.30. The summed E-state index contributed by atoms with van der Waals surface area (Å²) in [7, 11) is 3.20. The third-order valence-corrected chi connectivity index (χ3v) is 11.9. The first kappa shape index (κ1) is 42.6. The van der Waals surface area contributed by atoms with E-state index in [0.717, 1.165) is 40.3 Å². The maximum absolute atomic E-state index is 13.2. The van der Waals surface area contributed by atoms with Crippen molar-refractivity contribution >= 4 is 12.5 Å². The Morgan fingerprint density at radius 3 is 1.85 bits per heavy atom. The molecule has 61 heavy (non-hydrogen) atoms. The van der Waals surface area contributed by atoms with Gasteiger partial charge in [-0.1, -0.05) is 134 Å². The smallest absolute Gasteiger partial charge is 0.407 e. The Hall–Kier alpha value is -6.54. The summed E-state index contributed by atoms with van der Waals surface area (Å²) in [4.78, 5) is 24.3. The summed E-state index contributed by atoms with van der Waals surface area (Å²) in [6.45, 7) is 4.82. The number of methoxy groups -OCH3 is 2. The molecule has 2 aliphatic rings. The van der Waals surface area contributed by atoms with Crippen LogP contribution in [0.3, 0.4) is 0 Å². The molecule has 2 N–H and O–H groups in total. The largest absolute Gasteiger partial charge is 0.497 e. The van der Waals surface area contributed by atoms with Crippen LogP contribution in [0.5, 0.6) is 17.2 Å². The van der Waals surface area contributed by atoms with Crippen LogP contribution in [0.4, 0.5) is 4.79 Å². The predicted octanol–water partition coefficient (Wildman–Crippen LogP) is 11.6. The molecule has 0 aromatic heterocycles. The van der Waals surface area contributed by atoms with Crippen molar-refractivity contribution in [1.29, 1.82) is 0 Å². The van der Waals surface area contributed by atoms with E-state index in [4.69, 9.17) is 18.9 Å². The maximum Gasteiger partial charge on any atom is 0.407 e. The first-order valence-corrected chi connectivity index (χ1v) is 21.3. The van der Waals surface area contributed by atoms with E-state index in [-0.39, 0.29) is 18.6 Å². The molecular formula is C53H56N2O6. The van der Waals surface area contributed by atoms with Gasteiger partial charge in [0.05, 0.1) is 32.9 Å². The minimum absolute atomic E-state index is 0.0207. The molecule has 0 saturated heterocycles. The number of fused-ring (bicyclic) bond motifs is 3. The molecule has 6 aromatic rings. The lowest BCUT2D eigenvalue weighted by atomic mass is 9.83. The van der Waals surface area contributed by atoms with Crippen LogP contribution in [0.25, 0.3) is 11.1 Å². The zero-order valence-electron chi connectivity index (χ0n) is 35.6. The molecule has 1 fully saturated rings. The fourth-order valence-electron chi connectivity index (χ4n) is 8.69. The first-order chi connectivity index (χ1) is 29.9. The predicted molar refractivity (Wildman–Crippen MR) is 242 cm³/mol. The average molecular weight is 817 g/mol. The number of ether oxygens (including phenoxy) is 4. The quantitative estimate of drug-likeness (QED) is 0.106.